The van der Waals surface area contributed by atoms with Crippen molar-refractivity contribution in [1.29, 1.82) is 0 Å². The Morgan fingerprint density at radius 3 is 2.83 bits per heavy atom. The van der Waals surface area contributed by atoms with Gasteiger partial charge in [-0.25, -0.2) is 0 Å². The average Bonchev–Trinajstić information content (AvgIpc) is 2.84. The second-order valence-corrected chi connectivity index (χ2v) is 6.77. The first kappa shape index (κ1) is 16.8. The van der Waals surface area contributed by atoms with E-state index in [1.165, 1.54) is 0 Å². The fourth-order valence-corrected chi connectivity index (χ4v) is 3.04. The molecular formula is C18H24N4O2. The van der Waals surface area contributed by atoms with E-state index in [-0.39, 0.29) is 11.8 Å². The number of hydrogen-bond acceptors (Lipinski definition) is 5. The van der Waals surface area contributed by atoms with Crippen molar-refractivity contribution in [1.82, 2.24) is 20.8 Å². The minimum absolute atomic E-state index is 0.0270. The Kier molecular flexibility index (Phi) is 4.78. The van der Waals surface area contributed by atoms with Crippen LogP contribution in [-0.4, -0.2) is 42.4 Å². The second kappa shape index (κ2) is 6.83. The summed E-state index contributed by atoms with van der Waals surface area (Å²) in [4.78, 5) is 12.7. The van der Waals surface area contributed by atoms with E-state index in [1.54, 1.807) is 0 Å². The van der Waals surface area contributed by atoms with Crippen molar-refractivity contribution < 1.29 is 9.53 Å². The molecule has 0 bridgehead atoms. The van der Waals surface area contributed by atoms with Gasteiger partial charge in [0.2, 0.25) is 5.91 Å². The average molecular weight is 328 g/mol. The van der Waals surface area contributed by atoms with E-state index in [1.807, 2.05) is 45.0 Å². The summed E-state index contributed by atoms with van der Waals surface area (Å²) in [6.45, 7) is 8.35. The van der Waals surface area contributed by atoms with Crippen molar-refractivity contribution >= 4 is 16.7 Å². The Bertz CT molecular complexity index is 737. The molecule has 128 valence electrons. The first-order chi connectivity index (χ1) is 11.5. The Hall–Kier alpha value is -2.05. The van der Waals surface area contributed by atoms with Crippen LogP contribution in [0.3, 0.4) is 0 Å². The van der Waals surface area contributed by atoms with Crippen molar-refractivity contribution in [2.75, 3.05) is 26.3 Å². The minimum Gasteiger partial charge on any atom is -0.379 e. The molecule has 1 aromatic carbocycles. The van der Waals surface area contributed by atoms with Gasteiger partial charge in [-0.05, 0) is 20.8 Å². The number of aromatic nitrogens is 2. The van der Waals surface area contributed by atoms with E-state index in [0.29, 0.717) is 19.8 Å². The zero-order valence-electron chi connectivity index (χ0n) is 14.4. The number of benzene rings is 1. The molecule has 24 heavy (non-hydrogen) atoms. The summed E-state index contributed by atoms with van der Waals surface area (Å²) in [6.07, 6.45) is 0. The highest BCUT2D eigenvalue weighted by Crippen LogP contribution is 2.27. The topological polar surface area (TPSA) is 76.1 Å². The molecule has 1 unspecified atom stereocenters. The molecule has 0 spiro atoms. The highest BCUT2D eigenvalue weighted by atomic mass is 16.5. The van der Waals surface area contributed by atoms with E-state index >= 15 is 0 Å². The van der Waals surface area contributed by atoms with E-state index in [9.17, 15) is 4.79 Å². The first-order valence-electron chi connectivity index (χ1n) is 8.32. The predicted octanol–water partition coefficient (Wildman–Crippen LogP) is 1.53. The number of aryl methyl sites for hydroxylation is 1. The molecule has 6 heteroatoms. The van der Waals surface area contributed by atoms with Crippen LogP contribution in [0.5, 0.6) is 0 Å². The van der Waals surface area contributed by atoms with Gasteiger partial charge in [0.1, 0.15) is 0 Å². The molecule has 1 atom stereocenters. The lowest BCUT2D eigenvalue weighted by molar-refractivity contribution is -0.128. The smallest absolute Gasteiger partial charge is 0.227 e. The van der Waals surface area contributed by atoms with Crippen LogP contribution < -0.4 is 10.6 Å². The summed E-state index contributed by atoms with van der Waals surface area (Å²) in [5, 5.41) is 17.1. The molecular weight excluding hydrogens is 304 g/mol. The molecule has 2 N–H and O–H groups in total. The number of hydrogen-bond donors (Lipinski definition) is 2. The Labute approximate surface area is 142 Å². The van der Waals surface area contributed by atoms with E-state index in [4.69, 9.17) is 4.74 Å². The van der Waals surface area contributed by atoms with Gasteiger partial charge in [0, 0.05) is 23.9 Å². The number of nitrogens with zero attached hydrogens (tertiary/aromatic N) is 2. The number of fused-ring (bicyclic) bond motifs is 1. The molecule has 1 saturated heterocycles. The number of nitrogens with one attached hydrogen (secondary N) is 2. The summed E-state index contributed by atoms with van der Waals surface area (Å²) in [7, 11) is 0. The Balaban J connectivity index is 1.87. The van der Waals surface area contributed by atoms with Crippen LogP contribution >= 0.6 is 0 Å². The molecule has 2 heterocycles. The predicted molar refractivity (Wildman–Crippen MR) is 92.6 cm³/mol. The standard InChI is InChI=1S/C18H24N4O2/c1-12-14-6-4-5-7-15(14)16(22-21-12)18(2,3)20-17(23)13-10-19-8-9-24-11-13/h4-7,13,19H,8-11H2,1-3H3,(H,20,23). The summed E-state index contributed by atoms with van der Waals surface area (Å²) in [6, 6.07) is 8.02. The van der Waals surface area contributed by atoms with Gasteiger partial charge in [-0.2, -0.15) is 10.2 Å². The van der Waals surface area contributed by atoms with Gasteiger partial charge in [0.05, 0.1) is 36.1 Å². The Morgan fingerprint density at radius 1 is 1.29 bits per heavy atom. The van der Waals surface area contributed by atoms with Gasteiger partial charge < -0.3 is 15.4 Å². The van der Waals surface area contributed by atoms with Crippen LogP contribution in [0.25, 0.3) is 10.8 Å². The molecule has 1 aliphatic rings. The van der Waals surface area contributed by atoms with E-state index < -0.39 is 5.54 Å². The molecule has 1 aliphatic heterocycles. The van der Waals surface area contributed by atoms with Gasteiger partial charge in [0.25, 0.3) is 0 Å². The van der Waals surface area contributed by atoms with Gasteiger partial charge in [-0.1, -0.05) is 24.3 Å². The largest absolute Gasteiger partial charge is 0.379 e. The third kappa shape index (κ3) is 3.39. The summed E-state index contributed by atoms with van der Waals surface area (Å²) in [5.74, 6) is -0.225. The van der Waals surface area contributed by atoms with Crippen LogP contribution in [0.4, 0.5) is 0 Å². The highest BCUT2D eigenvalue weighted by molar-refractivity contribution is 5.88. The quantitative estimate of drug-likeness (QED) is 0.893. The molecule has 1 fully saturated rings. The maximum atomic E-state index is 12.7. The van der Waals surface area contributed by atoms with Gasteiger partial charge in [-0.15, -0.1) is 0 Å². The second-order valence-electron chi connectivity index (χ2n) is 6.77. The van der Waals surface area contributed by atoms with Crippen molar-refractivity contribution in [3.05, 3.63) is 35.7 Å². The van der Waals surface area contributed by atoms with E-state index in [0.717, 1.165) is 28.7 Å². The number of amides is 1. The zero-order chi connectivity index (χ0) is 17.2. The highest BCUT2D eigenvalue weighted by Gasteiger charge is 2.31. The monoisotopic (exact) mass is 328 g/mol. The molecule has 6 nitrogen and oxygen atoms in total. The lowest BCUT2D eigenvalue weighted by Crippen LogP contribution is -2.47. The minimum atomic E-state index is -0.621. The van der Waals surface area contributed by atoms with E-state index in [2.05, 4.69) is 20.8 Å². The van der Waals surface area contributed by atoms with Crippen LogP contribution in [0.2, 0.25) is 0 Å². The maximum Gasteiger partial charge on any atom is 0.227 e. The fourth-order valence-electron chi connectivity index (χ4n) is 3.04. The molecule has 1 aromatic heterocycles. The third-order valence-corrected chi connectivity index (χ3v) is 4.40. The van der Waals surface area contributed by atoms with Crippen molar-refractivity contribution in [3.63, 3.8) is 0 Å². The number of carbonyl (C=O) groups is 1. The SMILES string of the molecule is Cc1nnc(C(C)(C)NC(=O)C2CNCCOC2)c2ccccc12. The lowest BCUT2D eigenvalue weighted by atomic mass is 9.94. The van der Waals surface area contributed by atoms with Gasteiger partial charge >= 0.3 is 0 Å². The first-order valence-corrected chi connectivity index (χ1v) is 8.32. The molecule has 0 aliphatic carbocycles. The fraction of sp³-hybridized carbons (Fsp3) is 0.500. The maximum absolute atomic E-state index is 12.7. The Morgan fingerprint density at radius 2 is 2.04 bits per heavy atom. The van der Waals surface area contributed by atoms with Gasteiger partial charge in [0.15, 0.2) is 0 Å². The van der Waals surface area contributed by atoms with Crippen LogP contribution in [-0.2, 0) is 15.1 Å². The lowest BCUT2D eigenvalue weighted by Gasteiger charge is -2.28. The zero-order valence-corrected chi connectivity index (χ0v) is 14.4. The molecule has 2 aromatic rings. The molecule has 0 radical (unpaired) electrons. The van der Waals surface area contributed by atoms with Crippen molar-refractivity contribution in [3.8, 4) is 0 Å². The summed E-state index contributed by atoms with van der Waals surface area (Å²) < 4.78 is 5.48. The normalized spacial score (nSPS) is 19.0. The third-order valence-electron chi connectivity index (χ3n) is 4.40. The molecule has 0 saturated carbocycles. The number of ether oxygens (including phenoxy) is 1. The van der Waals surface area contributed by atoms with Gasteiger partial charge in [-0.3, -0.25) is 4.79 Å². The van der Waals surface area contributed by atoms with Crippen molar-refractivity contribution in [2.24, 2.45) is 5.92 Å². The summed E-state index contributed by atoms with van der Waals surface area (Å²) >= 11 is 0. The van der Waals surface area contributed by atoms with Crippen molar-refractivity contribution in [2.45, 2.75) is 26.3 Å². The van der Waals surface area contributed by atoms with Crippen LogP contribution in [0.1, 0.15) is 25.2 Å². The van der Waals surface area contributed by atoms with Crippen LogP contribution in [0, 0.1) is 12.8 Å². The molecule has 1 amide bonds. The number of rotatable bonds is 3. The number of carbonyl (C=O) groups excluding carboxylic acids is 1. The summed E-state index contributed by atoms with van der Waals surface area (Å²) in [5.41, 5.74) is 1.04. The van der Waals surface area contributed by atoms with Crippen LogP contribution in [0.15, 0.2) is 24.3 Å². The molecule has 3 rings (SSSR count).